The number of benzene rings is 1. The maximum atomic E-state index is 11.6. The summed E-state index contributed by atoms with van der Waals surface area (Å²) in [5, 5.41) is 5.90. The number of hydrogen-bond donors (Lipinski definition) is 3. The zero-order chi connectivity index (χ0) is 15.1. The van der Waals surface area contributed by atoms with Crippen LogP contribution in [0.25, 0.3) is 0 Å². The Labute approximate surface area is 129 Å². The van der Waals surface area contributed by atoms with Gasteiger partial charge in [0.2, 0.25) is 11.8 Å². The molecule has 1 aromatic rings. The average molecular weight is 307 g/mol. The molecule has 21 heavy (non-hydrogen) atoms. The van der Waals surface area contributed by atoms with Crippen LogP contribution in [-0.4, -0.2) is 30.2 Å². The van der Waals surface area contributed by atoms with Crippen molar-refractivity contribution in [2.75, 3.05) is 18.4 Å². The largest absolute Gasteiger partial charge is 0.346 e. The molecule has 1 fully saturated rings. The molecule has 1 saturated carbocycles. The highest BCUT2D eigenvalue weighted by Gasteiger charge is 2.15. The van der Waals surface area contributed by atoms with E-state index in [4.69, 9.17) is 5.73 Å². The Bertz CT molecular complexity index is 484. The van der Waals surface area contributed by atoms with E-state index in [0.717, 1.165) is 10.9 Å². The summed E-state index contributed by atoms with van der Waals surface area (Å²) >= 11 is 1.91. The smallest absolute Gasteiger partial charge is 0.243 e. The zero-order valence-corrected chi connectivity index (χ0v) is 12.7. The number of carbonyl (C=O) groups is 2. The maximum Gasteiger partial charge on any atom is 0.243 e. The standard InChI is InChI=1S/C15H21N3O2S/c16-9-14(19)17-10-15(20)18-11-5-7-13(8-6-11)21-12-3-1-2-4-12/h5-8,12H,1-4,9-10,16H2,(H,17,19)(H,18,20). The minimum Gasteiger partial charge on any atom is -0.346 e. The normalized spacial score (nSPS) is 14.9. The number of nitrogens with one attached hydrogen (secondary N) is 2. The summed E-state index contributed by atoms with van der Waals surface area (Å²) in [6.45, 7) is -0.172. The molecule has 0 heterocycles. The van der Waals surface area contributed by atoms with E-state index in [2.05, 4.69) is 10.6 Å². The second-order valence-electron chi connectivity index (χ2n) is 5.08. The molecule has 6 heteroatoms. The van der Waals surface area contributed by atoms with E-state index in [9.17, 15) is 9.59 Å². The van der Waals surface area contributed by atoms with Crippen LogP contribution in [-0.2, 0) is 9.59 Å². The van der Waals surface area contributed by atoms with Gasteiger partial charge in [-0.25, -0.2) is 0 Å². The number of amides is 2. The van der Waals surface area contributed by atoms with Crippen molar-refractivity contribution in [3.05, 3.63) is 24.3 Å². The van der Waals surface area contributed by atoms with E-state index in [1.54, 1.807) is 0 Å². The van der Waals surface area contributed by atoms with Crippen LogP contribution in [0, 0.1) is 0 Å². The first kappa shape index (κ1) is 15.9. The average Bonchev–Trinajstić information content (AvgIpc) is 3.00. The minimum atomic E-state index is -0.339. The van der Waals surface area contributed by atoms with Gasteiger partial charge in [0.15, 0.2) is 0 Å². The van der Waals surface area contributed by atoms with Crippen molar-refractivity contribution in [1.82, 2.24) is 5.32 Å². The second-order valence-corrected chi connectivity index (χ2v) is 6.45. The van der Waals surface area contributed by atoms with Gasteiger partial charge in [0.1, 0.15) is 0 Å². The van der Waals surface area contributed by atoms with Crippen molar-refractivity contribution in [1.29, 1.82) is 0 Å². The van der Waals surface area contributed by atoms with Crippen LogP contribution in [0.2, 0.25) is 0 Å². The first-order valence-corrected chi connectivity index (χ1v) is 8.08. The Kier molecular flexibility index (Phi) is 6.07. The van der Waals surface area contributed by atoms with Crippen LogP contribution < -0.4 is 16.4 Å². The molecule has 2 rings (SSSR count). The van der Waals surface area contributed by atoms with Crippen LogP contribution in [0.15, 0.2) is 29.2 Å². The number of anilines is 1. The third-order valence-corrected chi connectivity index (χ3v) is 4.72. The third-order valence-electron chi connectivity index (χ3n) is 3.37. The summed E-state index contributed by atoms with van der Waals surface area (Å²) in [6, 6.07) is 7.83. The molecule has 5 nitrogen and oxygen atoms in total. The van der Waals surface area contributed by atoms with Gasteiger partial charge in [-0.1, -0.05) is 12.8 Å². The van der Waals surface area contributed by atoms with Crippen LogP contribution in [0.4, 0.5) is 5.69 Å². The fourth-order valence-corrected chi connectivity index (χ4v) is 3.52. The van der Waals surface area contributed by atoms with Crippen LogP contribution >= 0.6 is 11.8 Å². The van der Waals surface area contributed by atoms with Crippen molar-refractivity contribution in [3.63, 3.8) is 0 Å². The van der Waals surface area contributed by atoms with E-state index in [-0.39, 0.29) is 24.9 Å². The van der Waals surface area contributed by atoms with E-state index in [1.165, 1.54) is 30.6 Å². The van der Waals surface area contributed by atoms with Gasteiger partial charge in [0.05, 0.1) is 13.1 Å². The van der Waals surface area contributed by atoms with Gasteiger partial charge in [-0.15, -0.1) is 11.8 Å². The molecule has 114 valence electrons. The molecule has 0 unspecified atom stereocenters. The van der Waals surface area contributed by atoms with Crippen molar-refractivity contribution in [2.24, 2.45) is 5.73 Å². The van der Waals surface area contributed by atoms with E-state index in [0.29, 0.717) is 0 Å². The number of rotatable bonds is 6. The number of thioether (sulfide) groups is 1. The van der Waals surface area contributed by atoms with Gasteiger partial charge in [-0.05, 0) is 37.1 Å². The summed E-state index contributed by atoms with van der Waals surface area (Å²) in [4.78, 5) is 23.8. The molecule has 2 amide bonds. The molecule has 0 radical (unpaired) electrons. The lowest BCUT2D eigenvalue weighted by molar-refractivity contribution is -0.123. The molecule has 1 aliphatic carbocycles. The van der Waals surface area contributed by atoms with E-state index in [1.807, 2.05) is 36.0 Å². The Morgan fingerprint density at radius 2 is 1.81 bits per heavy atom. The molecule has 0 aromatic heterocycles. The first-order valence-electron chi connectivity index (χ1n) is 7.20. The van der Waals surface area contributed by atoms with Gasteiger partial charge >= 0.3 is 0 Å². The van der Waals surface area contributed by atoms with Crippen molar-refractivity contribution in [2.45, 2.75) is 35.8 Å². The molecule has 0 spiro atoms. The quantitative estimate of drug-likeness (QED) is 0.747. The fourth-order valence-electron chi connectivity index (χ4n) is 2.27. The topological polar surface area (TPSA) is 84.2 Å². The highest BCUT2D eigenvalue weighted by atomic mass is 32.2. The summed E-state index contributed by atoms with van der Waals surface area (Å²) in [5.41, 5.74) is 5.88. The van der Waals surface area contributed by atoms with Crippen LogP contribution in [0.1, 0.15) is 25.7 Å². The van der Waals surface area contributed by atoms with Gasteiger partial charge in [-0.2, -0.15) is 0 Å². The molecule has 1 aliphatic rings. The first-order chi connectivity index (χ1) is 10.2. The van der Waals surface area contributed by atoms with Crippen molar-refractivity contribution in [3.8, 4) is 0 Å². The fraction of sp³-hybridized carbons (Fsp3) is 0.467. The van der Waals surface area contributed by atoms with Crippen LogP contribution in [0.3, 0.4) is 0 Å². The summed E-state index contributed by atoms with van der Waals surface area (Å²) < 4.78 is 0. The number of nitrogens with two attached hydrogens (primary N) is 1. The van der Waals surface area contributed by atoms with Gasteiger partial charge in [0.25, 0.3) is 0 Å². The lowest BCUT2D eigenvalue weighted by Crippen LogP contribution is -2.36. The van der Waals surface area contributed by atoms with E-state index >= 15 is 0 Å². The highest BCUT2D eigenvalue weighted by Crippen LogP contribution is 2.34. The van der Waals surface area contributed by atoms with Gasteiger partial charge in [-0.3, -0.25) is 9.59 Å². The molecule has 0 aliphatic heterocycles. The Morgan fingerprint density at radius 1 is 1.14 bits per heavy atom. The monoisotopic (exact) mass is 307 g/mol. The molecule has 4 N–H and O–H groups in total. The molecular formula is C15H21N3O2S. The number of carbonyl (C=O) groups excluding carboxylic acids is 2. The lowest BCUT2D eigenvalue weighted by atomic mass is 10.3. The molecular weight excluding hydrogens is 286 g/mol. The van der Waals surface area contributed by atoms with Crippen molar-refractivity contribution < 1.29 is 9.59 Å². The third kappa shape index (κ3) is 5.40. The van der Waals surface area contributed by atoms with Crippen molar-refractivity contribution >= 4 is 29.3 Å². The second kappa shape index (κ2) is 8.05. The number of hydrogen-bond acceptors (Lipinski definition) is 4. The minimum absolute atomic E-state index is 0.0609. The Hall–Kier alpha value is -1.53. The maximum absolute atomic E-state index is 11.6. The lowest BCUT2D eigenvalue weighted by Gasteiger charge is -2.10. The summed E-state index contributed by atoms with van der Waals surface area (Å²) in [5.74, 6) is -0.596. The van der Waals surface area contributed by atoms with Gasteiger partial charge < -0.3 is 16.4 Å². The summed E-state index contributed by atoms with van der Waals surface area (Å²) in [7, 11) is 0. The Morgan fingerprint density at radius 3 is 2.43 bits per heavy atom. The van der Waals surface area contributed by atoms with Crippen LogP contribution in [0.5, 0.6) is 0 Å². The SMILES string of the molecule is NCC(=O)NCC(=O)Nc1ccc(SC2CCCC2)cc1. The zero-order valence-electron chi connectivity index (χ0n) is 11.9. The molecule has 0 bridgehead atoms. The summed E-state index contributed by atoms with van der Waals surface area (Å²) in [6.07, 6.45) is 5.26. The predicted molar refractivity (Wildman–Crippen MR) is 85.2 cm³/mol. The van der Waals surface area contributed by atoms with Gasteiger partial charge in [0, 0.05) is 15.8 Å². The van der Waals surface area contributed by atoms with E-state index < -0.39 is 0 Å². The molecule has 1 aromatic carbocycles. The predicted octanol–water partition coefficient (Wildman–Crippen LogP) is 1.73. The molecule has 0 saturated heterocycles. The molecule has 0 atom stereocenters. The highest BCUT2D eigenvalue weighted by molar-refractivity contribution is 8.00. The Balaban J connectivity index is 1.78.